The van der Waals surface area contributed by atoms with Crippen LogP contribution in [0.25, 0.3) is 0 Å². The highest BCUT2D eigenvalue weighted by atomic mass is 35.5. The zero-order chi connectivity index (χ0) is 22.4. The highest BCUT2D eigenvalue weighted by Crippen LogP contribution is 2.37. The minimum Gasteiger partial charge on any atom is -0.490 e. The molecule has 2 heterocycles. The van der Waals surface area contributed by atoms with Gasteiger partial charge in [0.2, 0.25) is 0 Å². The second kappa shape index (κ2) is 10.6. The number of benzene rings is 1. The fourth-order valence-electron chi connectivity index (χ4n) is 3.56. The van der Waals surface area contributed by atoms with Gasteiger partial charge in [-0.15, -0.1) is 0 Å². The summed E-state index contributed by atoms with van der Waals surface area (Å²) in [5, 5.41) is 3.35. The topological polar surface area (TPSA) is 81.0 Å². The molecule has 1 aliphatic rings. The van der Waals surface area contributed by atoms with Gasteiger partial charge >= 0.3 is 0 Å². The van der Waals surface area contributed by atoms with E-state index in [-0.39, 0.29) is 17.9 Å². The van der Waals surface area contributed by atoms with Gasteiger partial charge in [-0.25, -0.2) is 0 Å². The van der Waals surface area contributed by atoms with Crippen molar-refractivity contribution in [1.82, 2.24) is 10.2 Å². The van der Waals surface area contributed by atoms with Gasteiger partial charge in [0, 0.05) is 30.3 Å². The normalized spacial score (nSPS) is 14.4. The van der Waals surface area contributed by atoms with Gasteiger partial charge in [0.1, 0.15) is 0 Å². The Labute approximate surface area is 187 Å². The molecule has 8 heteroatoms. The zero-order valence-electron chi connectivity index (χ0n) is 18.2. The van der Waals surface area contributed by atoms with Gasteiger partial charge in [-0.3, -0.25) is 9.59 Å². The molecular formula is C23H29ClN2O5. The number of nitrogens with zero attached hydrogens (tertiary/aromatic N) is 1. The molecule has 0 unspecified atom stereocenters. The number of amides is 2. The van der Waals surface area contributed by atoms with Crippen LogP contribution in [0.5, 0.6) is 11.5 Å². The maximum Gasteiger partial charge on any atom is 0.287 e. The number of piperidine rings is 1. The molecule has 0 aliphatic carbocycles. The van der Waals surface area contributed by atoms with Crippen LogP contribution in [0.1, 0.15) is 59.6 Å². The third kappa shape index (κ3) is 5.53. The molecule has 0 bridgehead atoms. The van der Waals surface area contributed by atoms with Crippen LogP contribution >= 0.6 is 11.6 Å². The summed E-state index contributed by atoms with van der Waals surface area (Å²) in [7, 11) is 0. The van der Waals surface area contributed by atoms with Gasteiger partial charge in [0.05, 0.1) is 24.5 Å². The molecule has 0 radical (unpaired) electrons. The number of aryl methyl sites for hydroxylation is 1. The summed E-state index contributed by atoms with van der Waals surface area (Å²) in [5.74, 6) is 0.945. The molecule has 2 amide bonds. The zero-order valence-corrected chi connectivity index (χ0v) is 19.0. The van der Waals surface area contributed by atoms with Crippen molar-refractivity contribution in [3.05, 3.63) is 46.4 Å². The predicted molar refractivity (Wildman–Crippen MR) is 118 cm³/mol. The standard InChI is InChI=1S/C23H29ClN2O5/c1-4-11-30-21-18(24)13-16(14-19(21)29-5-2)23(28)26-9-6-17(7-10-26)25-22(27)20-15(3)8-12-31-20/h8,12-14,17H,4-7,9-11H2,1-3H3,(H,25,27). The average molecular weight is 449 g/mol. The molecule has 7 nitrogen and oxygen atoms in total. The lowest BCUT2D eigenvalue weighted by Crippen LogP contribution is -2.46. The summed E-state index contributed by atoms with van der Waals surface area (Å²) in [5.41, 5.74) is 1.27. The summed E-state index contributed by atoms with van der Waals surface area (Å²) in [6, 6.07) is 5.07. The lowest BCUT2D eigenvalue weighted by atomic mass is 10.0. The Morgan fingerprint density at radius 3 is 2.58 bits per heavy atom. The molecule has 1 N–H and O–H groups in total. The highest BCUT2D eigenvalue weighted by molar-refractivity contribution is 6.32. The van der Waals surface area contributed by atoms with Gasteiger partial charge in [-0.1, -0.05) is 18.5 Å². The molecule has 0 spiro atoms. The largest absolute Gasteiger partial charge is 0.490 e. The van der Waals surface area contributed by atoms with Crippen molar-refractivity contribution < 1.29 is 23.5 Å². The predicted octanol–water partition coefficient (Wildman–Crippen LogP) is 4.46. The number of furan rings is 1. The summed E-state index contributed by atoms with van der Waals surface area (Å²) >= 11 is 6.40. The van der Waals surface area contributed by atoms with Crippen molar-refractivity contribution in [3.63, 3.8) is 0 Å². The third-order valence-corrected chi connectivity index (χ3v) is 5.47. The van der Waals surface area contributed by atoms with E-state index in [1.807, 2.05) is 20.8 Å². The minimum atomic E-state index is -0.219. The number of hydrogen-bond acceptors (Lipinski definition) is 5. The number of carbonyl (C=O) groups is 2. The van der Waals surface area contributed by atoms with Gasteiger partial charge in [0.25, 0.3) is 11.8 Å². The Morgan fingerprint density at radius 1 is 1.23 bits per heavy atom. The smallest absolute Gasteiger partial charge is 0.287 e. The van der Waals surface area contributed by atoms with Crippen LogP contribution < -0.4 is 14.8 Å². The van der Waals surface area contributed by atoms with Crippen LogP contribution in [0.2, 0.25) is 5.02 Å². The van der Waals surface area contributed by atoms with Crippen molar-refractivity contribution in [2.75, 3.05) is 26.3 Å². The van der Waals surface area contributed by atoms with Crippen LogP contribution in [-0.2, 0) is 0 Å². The first-order valence-electron chi connectivity index (χ1n) is 10.7. The lowest BCUT2D eigenvalue weighted by Gasteiger charge is -2.32. The maximum absolute atomic E-state index is 13.1. The highest BCUT2D eigenvalue weighted by Gasteiger charge is 2.27. The van der Waals surface area contributed by atoms with E-state index >= 15 is 0 Å². The number of nitrogens with one attached hydrogen (secondary N) is 1. The van der Waals surface area contributed by atoms with E-state index in [0.717, 1.165) is 12.0 Å². The molecule has 1 aromatic carbocycles. The van der Waals surface area contributed by atoms with E-state index in [0.29, 0.717) is 67.0 Å². The van der Waals surface area contributed by atoms with Crippen molar-refractivity contribution in [2.45, 2.75) is 46.1 Å². The first kappa shape index (κ1) is 23.0. The second-order valence-electron chi connectivity index (χ2n) is 7.54. The van der Waals surface area contributed by atoms with Crippen LogP contribution in [0, 0.1) is 6.92 Å². The first-order chi connectivity index (χ1) is 14.9. The molecule has 1 saturated heterocycles. The molecule has 2 aromatic rings. The van der Waals surface area contributed by atoms with Gasteiger partial charge < -0.3 is 24.1 Å². The fraction of sp³-hybridized carbons (Fsp3) is 0.478. The molecule has 168 valence electrons. The molecular weight excluding hydrogens is 420 g/mol. The lowest BCUT2D eigenvalue weighted by molar-refractivity contribution is 0.0695. The Balaban J connectivity index is 1.63. The molecule has 3 rings (SSSR count). The summed E-state index contributed by atoms with van der Waals surface area (Å²) < 4.78 is 16.6. The third-order valence-electron chi connectivity index (χ3n) is 5.19. The van der Waals surface area contributed by atoms with Crippen molar-refractivity contribution >= 4 is 23.4 Å². The van der Waals surface area contributed by atoms with Crippen LogP contribution in [0.15, 0.2) is 28.9 Å². The SMILES string of the molecule is CCCOc1c(Cl)cc(C(=O)N2CCC(NC(=O)c3occc3C)CC2)cc1OCC. The van der Waals surface area contributed by atoms with E-state index in [2.05, 4.69) is 5.32 Å². The van der Waals surface area contributed by atoms with Crippen molar-refractivity contribution in [2.24, 2.45) is 0 Å². The quantitative estimate of drug-likeness (QED) is 0.644. The number of rotatable bonds is 8. The molecule has 0 atom stereocenters. The molecule has 0 saturated carbocycles. The van der Waals surface area contributed by atoms with E-state index in [1.54, 1.807) is 23.1 Å². The summed E-state index contributed by atoms with van der Waals surface area (Å²) in [4.78, 5) is 27.2. The summed E-state index contributed by atoms with van der Waals surface area (Å²) in [6.45, 7) is 7.75. The number of hydrogen-bond donors (Lipinski definition) is 1. The van der Waals surface area contributed by atoms with Crippen LogP contribution in [0.4, 0.5) is 0 Å². The Hall–Kier alpha value is -2.67. The van der Waals surface area contributed by atoms with E-state index in [4.69, 9.17) is 25.5 Å². The maximum atomic E-state index is 13.1. The van der Waals surface area contributed by atoms with E-state index in [9.17, 15) is 9.59 Å². The molecule has 1 fully saturated rings. The van der Waals surface area contributed by atoms with E-state index < -0.39 is 0 Å². The number of ether oxygens (including phenoxy) is 2. The molecule has 31 heavy (non-hydrogen) atoms. The van der Waals surface area contributed by atoms with Crippen LogP contribution in [0.3, 0.4) is 0 Å². The average Bonchev–Trinajstić information content (AvgIpc) is 3.19. The van der Waals surface area contributed by atoms with Crippen molar-refractivity contribution in [1.29, 1.82) is 0 Å². The van der Waals surface area contributed by atoms with E-state index in [1.165, 1.54) is 6.26 Å². The molecule has 1 aliphatic heterocycles. The van der Waals surface area contributed by atoms with Crippen LogP contribution in [-0.4, -0.2) is 49.1 Å². The number of carbonyl (C=O) groups excluding carboxylic acids is 2. The second-order valence-corrected chi connectivity index (χ2v) is 7.95. The van der Waals surface area contributed by atoms with Gasteiger partial charge in [-0.2, -0.15) is 0 Å². The summed E-state index contributed by atoms with van der Waals surface area (Å²) in [6.07, 6.45) is 3.68. The number of likely N-dealkylation sites (tertiary alicyclic amines) is 1. The van der Waals surface area contributed by atoms with Crippen molar-refractivity contribution in [3.8, 4) is 11.5 Å². The fourth-order valence-corrected chi connectivity index (χ4v) is 3.83. The molecule has 1 aromatic heterocycles. The number of halogens is 1. The van der Waals surface area contributed by atoms with Gasteiger partial charge in [-0.05, 0) is 51.3 Å². The Morgan fingerprint density at radius 2 is 1.97 bits per heavy atom. The monoisotopic (exact) mass is 448 g/mol. The van der Waals surface area contributed by atoms with Gasteiger partial charge in [0.15, 0.2) is 17.3 Å². The Bertz CT molecular complexity index is 919. The first-order valence-corrected chi connectivity index (χ1v) is 11.1. The Kier molecular flexibility index (Phi) is 7.85. The minimum absolute atomic E-state index is 0.00607.